The monoisotopic (exact) mass is 395 g/mol. The third-order valence-corrected chi connectivity index (χ3v) is 5.32. The number of hydrogen-bond acceptors (Lipinski definition) is 4. The van der Waals surface area contributed by atoms with Gasteiger partial charge in [0.1, 0.15) is 5.60 Å². The number of nitrogens with two attached hydrogens (primary N) is 1. The van der Waals surface area contributed by atoms with Crippen molar-refractivity contribution in [2.45, 2.75) is 50.8 Å². The highest BCUT2D eigenvalue weighted by atomic mass is 16.6. The van der Waals surface area contributed by atoms with Crippen LogP contribution in [0.2, 0.25) is 0 Å². The van der Waals surface area contributed by atoms with E-state index < -0.39 is 11.1 Å². The molecule has 5 heteroatoms. The molecule has 156 valence electrons. The summed E-state index contributed by atoms with van der Waals surface area (Å²) in [5, 5.41) is 3.63. The van der Waals surface area contributed by atoms with Gasteiger partial charge in [0.05, 0.1) is 5.54 Å². The highest BCUT2D eigenvalue weighted by Gasteiger charge is 2.32. The summed E-state index contributed by atoms with van der Waals surface area (Å²) in [7, 11) is 0. The van der Waals surface area contributed by atoms with E-state index >= 15 is 0 Å². The average Bonchev–Trinajstić information content (AvgIpc) is 2.72. The van der Waals surface area contributed by atoms with Gasteiger partial charge >= 0.3 is 6.09 Å². The maximum Gasteiger partial charge on any atom is 0.410 e. The van der Waals surface area contributed by atoms with Gasteiger partial charge in [-0.05, 0) is 44.7 Å². The molecule has 2 aromatic rings. The summed E-state index contributed by atoms with van der Waals surface area (Å²) in [6, 6.07) is 20.6. The number of likely N-dealkylation sites (tertiary alicyclic amines) is 1. The summed E-state index contributed by atoms with van der Waals surface area (Å²) in [4.78, 5) is 14.3. The fraction of sp³-hybridized carbons (Fsp3) is 0.458. The van der Waals surface area contributed by atoms with Crippen molar-refractivity contribution in [3.05, 3.63) is 71.8 Å². The number of piperidine rings is 1. The van der Waals surface area contributed by atoms with E-state index in [9.17, 15) is 4.79 Å². The maximum absolute atomic E-state index is 12.5. The lowest BCUT2D eigenvalue weighted by atomic mass is 9.83. The molecule has 0 saturated carbocycles. The standard InChI is InChI=1S/C24H33N3O2/c1-23(2,3)29-22(28)27-16-10-15-21(17-27)26-18-24(25,19-11-6-4-7-12-19)20-13-8-5-9-14-20/h4-9,11-14,21,26H,10,15-18,25H2,1-3H3. The Labute approximate surface area is 174 Å². The molecule has 29 heavy (non-hydrogen) atoms. The van der Waals surface area contributed by atoms with E-state index in [2.05, 4.69) is 29.6 Å². The van der Waals surface area contributed by atoms with E-state index in [1.807, 2.05) is 57.2 Å². The van der Waals surface area contributed by atoms with Crippen LogP contribution in [0.15, 0.2) is 60.7 Å². The minimum Gasteiger partial charge on any atom is -0.444 e. The zero-order chi connectivity index (χ0) is 20.9. The van der Waals surface area contributed by atoms with Gasteiger partial charge in [0.2, 0.25) is 0 Å². The summed E-state index contributed by atoms with van der Waals surface area (Å²) in [6.07, 6.45) is 1.72. The van der Waals surface area contributed by atoms with E-state index in [1.165, 1.54) is 0 Å². The molecule has 0 bridgehead atoms. The van der Waals surface area contributed by atoms with Crippen LogP contribution in [0.5, 0.6) is 0 Å². The second-order valence-corrected chi connectivity index (χ2v) is 8.85. The van der Waals surface area contributed by atoms with Crippen molar-refractivity contribution in [3.8, 4) is 0 Å². The lowest BCUT2D eigenvalue weighted by Crippen LogP contribution is -2.54. The minimum absolute atomic E-state index is 0.187. The molecule has 1 heterocycles. The summed E-state index contributed by atoms with van der Waals surface area (Å²) >= 11 is 0. The van der Waals surface area contributed by atoms with Gasteiger partial charge in [-0.2, -0.15) is 0 Å². The van der Waals surface area contributed by atoms with Crippen LogP contribution in [0.25, 0.3) is 0 Å². The molecule has 0 radical (unpaired) electrons. The van der Waals surface area contributed by atoms with Gasteiger partial charge in [0, 0.05) is 25.7 Å². The number of nitrogens with zero attached hydrogens (tertiary/aromatic N) is 1. The zero-order valence-electron chi connectivity index (χ0n) is 17.7. The number of benzene rings is 2. The van der Waals surface area contributed by atoms with Crippen LogP contribution in [0.1, 0.15) is 44.7 Å². The van der Waals surface area contributed by atoms with E-state index in [-0.39, 0.29) is 12.1 Å². The largest absolute Gasteiger partial charge is 0.444 e. The second kappa shape index (κ2) is 8.97. The summed E-state index contributed by atoms with van der Waals surface area (Å²) in [6.45, 7) is 7.65. The predicted molar refractivity (Wildman–Crippen MR) is 117 cm³/mol. The third-order valence-electron chi connectivity index (χ3n) is 5.32. The number of ether oxygens (including phenoxy) is 1. The summed E-state index contributed by atoms with van der Waals surface area (Å²) < 4.78 is 5.54. The molecular formula is C24H33N3O2. The molecule has 3 N–H and O–H groups in total. The predicted octanol–water partition coefficient (Wildman–Crippen LogP) is 3.88. The van der Waals surface area contributed by atoms with Gasteiger partial charge in [-0.25, -0.2) is 4.79 Å². The van der Waals surface area contributed by atoms with Crippen molar-refractivity contribution in [1.29, 1.82) is 0 Å². The molecule has 1 fully saturated rings. The molecule has 2 aromatic carbocycles. The van der Waals surface area contributed by atoms with Crippen LogP contribution >= 0.6 is 0 Å². The second-order valence-electron chi connectivity index (χ2n) is 8.85. The Morgan fingerprint density at radius 1 is 1.07 bits per heavy atom. The van der Waals surface area contributed by atoms with Crippen molar-refractivity contribution in [3.63, 3.8) is 0 Å². The van der Waals surface area contributed by atoms with Gasteiger partial charge in [-0.15, -0.1) is 0 Å². The topological polar surface area (TPSA) is 67.6 Å². The number of carbonyl (C=O) groups excluding carboxylic acids is 1. The summed E-state index contributed by atoms with van der Waals surface area (Å²) in [5.41, 5.74) is 7.98. The molecule has 1 aliphatic rings. The maximum atomic E-state index is 12.5. The molecule has 1 unspecified atom stereocenters. The Morgan fingerprint density at radius 2 is 1.62 bits per heavy atom. The average molecular weight is 396 g/mol. The fourth-order valence-electron chi connectivity index (χ4n) is 3.78. The first kappa shape index (κ1) is 21.3. The minimum atomic E-state index is -0.642. The Bertz CT molecular complexity index is 747. The Balaban J connectivity index is 1.71. The first-order chi connectivity index (χ1) is 13.8. The number of amides is 1. The normalized spacial score (nSPS) is 17.8. The lowest BCUT2D eigenvalue weighted by Gasteiger charge is -2.37. The molecule has 1 saturated heterocycles. The van der Waals surface area contributed by atoms with Crippen LogP contribution < -0.4 is 11.1 Å². The van der Waals surface area contributed by atoms with Crippen LogP contribution in [-0.4, -0.2) is 42.3 Å². The van der Waals surface area contributed by atoms with Gasteiger partial charge in [0.25, 0.3) is 0 Å². The molecule has 1 amide bonds. The SMILES string of the molecule is CC(C)(C)OC(=O)N1CCCC(NCC(N)(c2ccccc2)c2ccccc2)C1. The van der Waals surface area contributed by atoms with Crippen molar-refractivity contribution in [2.75, 3.05) is 19.6 Å². The van der Waals surface area contributed by atoms with Gasteiger partial charge in [-0.1, -0.05) is 60.7 Å². The first-order valence-electron chi connectivity index (χ1n) is 10.4. The molecule has 3 rings (SSSR count). The highest BCUT2D eigenvalue weighted by molar-refractivity contribution is 5.68. The molecule has 0 spiro atoms. The molecule has 0 aromatic heterocycles. The van der Waals surface area contributed by atoms with Crippen LogP contribution in [0.3, 0.4) is 0 Å². The van der Waals surface area contributed by atoms with Crippen molar-refractivity contribution in [1.82, 2.24) is 10.2 Å². The quantitative estimate of drug-likeness (QED) is 0.806. The molecule has 1 aliphatic heterocycles. The first-order valence-corrected chi connectivity index (χ1v) is 10.4. The third kappa shape index (κ3) is 5.58. The number of carbonyl (C=O) groups is 1. The van der Waals surface area contributed by atoms with Gasteiger partial charge < -0.3 is 20.7 Å². The van der Waals surface area contributed by atoms with Gasteiger partial charge in [0.15, 0.2) is 0 Å². The Hall–Kier alpha value is -2.37. The zero-order valence-corrected chi connectivity index (χ0v) is 17.7. The van der Waals surface area contributed by atoms with Crippen LogP contribution in [0.4, 0.5) is 4.79 Å². The molecule has 1 atom stereocenters. The molecule has 5 nitrogen and oxygen atoms in total. The summed E-state index contributed by atoms with van der Waals surface area (Å²) in [5.74, 6) is 0. The van der Waals surface area contributed by atoms with E-state index in [4.69, 9.17) is 10.5 Å². The number of rotatable bonds is 5. The van der Waals surface area contributed by atoms with Crippen molar-refractivity contribution < 1.29 is 9.53 Å². The smallest absolute Gasteiger partial charge is 0.410 e. The Kier molecular flexibility index (Phi) is 6.60. The Morgan fingerprint density at radius 3 is 2.14 bits per heavy atom. The number of hydrogen-bond donors (Lipinski definition) is 2. The molecular weight excluding hydrogens is 362 g/mol. The van der Waals surface area contributed by atoms with E-state index in [1.54, 1.807) is 4.90 Å². The lowest BCUT2D eigenvalue weighted by molar-refractivity contribution is 0.0186. The van der Waals surface area contributed by atoms with Crippen LogP contribution in [0, 0.1) is 0 Å². The molecule has 0 aliphatic carbocycles. The van der Waals surface area contributed by atoms with E-state index in [0.717, 1.165) is 30.5 Å². The van der Waals surface area contributed by atoms with Gasteiger partial charge in [-0.3, -0.25) is 0 Å². The fourth-order valence-corrected chi connectivity index (χ4v) is 3.78. The van der Waals surface area contributed by atoms with E-state index in [0.29, 0.717) is 13.1 Å². The number of nitrogens with one attached hydrogen (secondary N) is 1. The van der Waals surface area contributed by atoms with Crippen molar-refractivity contribution in [2.24, 2.45) is 5.73 Å². The van der Waals surface area contributed by atoms with Crippen molar-refractivity contribution >= 4 is 6.09 Å². The highest BCUT2D eigenvalue weighted by Crippen LogP contribution is 2.27. The van der Waals surface area contributed by atoms with Crippen LogP contribution in [-0.2, 0) is 10.3 Å².